The maximum Gasteiger partial charge on any atom is 0.284 e. The van der Waals surface area contributed by atoms with Gasteiger partial charge in [0.1, 0.15) is 12.3 Å². The molecule has 0 bridgehead atoms. The fourth-order valence-corrected chi connectivity index (χ4v) is 2.95. The maximum absolute atomic E-state index is 11.0. The number of nitrogens with zero attached hydrogens (tertiary/aromatic N) is 2. The molecule has 2 amide bonds. The van der Waals surface area contributed by atoms with Gasteiger partial charge in [-0.3, -0.25) is 14.4 Å². The second-order valence-corrected chi connectivity index (χ2v) is 9.29. The number of isocyanates is 1. The van der Waals surface area contributed by atoms with E-state index in [1.54, 1.807) is 0 Å². The molecule has 2 rings (SSSR count). The molecule has 1 aliphatic heterocycles. The Hall–Kier alpha value is -2.38. The Balaban J connectivity index is 0. The Kier molecular flexibility index (Phi) is 18.0. The highest BCUT2D eigenvalue weighted by Crippen LogP contribution is 2.34. The molecule has 0 radical (unpaired) electrons. The number of carbonyl (C=O) groups excluding carboxylic acids is 5. The van der Waals surface area contributed by atoms with Gasteiger partial charge in [-0.25, -0.2) is 4.79 Å². The van der Waals surface area contributed by atoms with Gasteiger partial charge < -0.3 is 20.7 Å². The minimum absolute atomic E-state index is 0.0184. The van der Waals surface area contributed by atoms with E-state index in [-0.39, 0.29) is 17.9 Å². The van der Waals surface area contributed by atoms with Gasteiger partial charge in [0.05, 0.1) is 0 Å². The van der Waals surface area contributed by atoms with Crippen molar-refractivity contribution >= 4 is 30.5 Å². The van der Waals surface area contributed by atoms with Crippen molar-refractivity contribution in [1.29, 1.82) is 0 Å². The molecular weight excluding hydrogens is 424 g/mol. The van der Waals surface area contributed by atoms with E-state index in [0.29, 0.717) is 18.6 Å². The van der Waals surface area contributed by atoms with Crippen LogP contribution in [0, 0.1) is 11.3 Å². The number of nitrogens with one attached hydrogen (secondary N) is 1. The van der Waals surface area contributed by atoms with Gasteiger partial charge in [0, 0.05) is 18.5 Å². The fourth-order valence-electron chi connectivity index (χ4n) is 2.95. The van der Waals surface area contributed by atoms with Crippen LogP contribution in [-0.4, -0.2) is 67.1 Å². The Morgan fingerprint density at radius 3 is 2.03 bits per heavy atom. The Bertz CT molecular complexity index is 629. The summed E-state index contributed by atoms with van der Waals surface area (Å²) in [5.41, 5.74) is 4.54. The zero-order chi connectivity index (χ0) is 26.0. The molecule has 0 aromatic heterocycles. The number of hydrogen-bond donors (Lipinski definition) is 2. The van der Waals surface area contributed by atoms with Crippen LogP contribution in [0.15, 0.2) is 4.99 Å². The second-order valence-electron chi connectivity index (χ2n) is 9.29. The van der Waals surface area contributed by atoms with E-state index < -0.39 is 17.7 Å². The van der Waals surface area contributed by atoms with Crippen LogP contribution in [0.3, 0.4) is 0 Å². The minimum Gasteiger partial charge on any atom is -0.363 e. The van der Waals surface area contributed by atoms with Crippen molar-refractivity contribution in [2.75, 3.05) is 13.6 Å². The molecule has 2 aliphatic rings. The summed E-state index contributed by atoms with van der Waals surface area (Å²) in [5, 5.41) is 2.53. The molecule has 9 nitrogen and oxygen atoms in total. The first-order valence-electron chi connectivity index (χ1n) is 11.7. The lowest BCUT2D eigenvalue weighted by molar-refractivity contribution is -0.136. The highest BCUT2D eigenvalue weighted by Gasteiger charge is 2.27. The summed E-state index contributed by atoms with van der Waals surface area (Å²) in [5.74, 6) is -0.961. The first-order valence-corrected chi connectivity index (χ1v) is 11.7. The molecule has 9 heteroatoms. The van der Waals surface area contributed by atoms with Crippen molar-refractivity contribution in [3.8, 4) is 0 Å². The molecule has 2 fully saturated rings. The highest BCUT2D eigenvalue weighted by atomic mass is 16.2. The third kappa shape index (κ3) is 16.8. The zero-order valence-electron chi connectivity index (χ0n) is 21.4. The van der Waals surface area contributed by atoms with Gasteiger partial charge in [-0.2, -0.15) is 4.99 Å². The number of likely N-dealkylation sites (tertiary alicyclic amines) is 1. The second kappa shape index (κ2) is 18.1. The highest BCUT2D eigenvalue weighted by molar-refractivity contribution is 6.35. The average Bonchev–Trinajstić information content (AvgIpc) is 3.49. The van der Waals surface area contributed by atoms with Gasteiger partial charge in [-0.15, -0.1) is 0 Å². The van der Waals surface area contributed by atoms with Crippen LogP contribution >= 0.6 is 0 Å². The number of hydrogen-bond acceptors (Lipinski definition) is 7. The van der Waals surface area contributed by atoms with Crippen LogP contribution in [0.1, 0.15) is 80.1 Å². The van der Waals surface area contributed by atoms with Crippen molar-refractivity contribution in [3.05, 3.63) is 0 Å². The van der Waals surface area contributed by atoms with Crippen molar-refractivity contribution in [3.63, 3.8) is 0 Å². The van der Waals surface area contributed by atoms with E-state index in [0.717, 1.165) is 25.3 Å². The lowest BCUT2D eigenvalue weighted by Gasteiger charge is -2.19. The first kappa shape index (κ1) is 32.8. The average molecular weight is 469 g/mol. The van der Waals surface area contributed by atoms with Gasteiger partial charge in [-0.05, 0) is 51.1 Å². The van der Waals surface area contributed by atoms with Crippen molar-refractivity contribution in [1.82, 2.24) is 10.2 Å². The molecule has 3 atom stereocenters. The van der Waals surface area contributed by atoms with Gasteiger partial charge in [0.15, 0.2) is 0 Å². The van der Waals surface area contributed by atoms with E-state index in [4.69, 9.17) is 5.73 Å². The minimum atomic E-state index is -0.932. The molecule has 3 N–H and O–H groups in total. The van der Waals surface area contributed by atoms with Crippen molar-refractivity contribution in [2.45, 2.75) is 98.2 Å². The summed E-state index contributed by atoms with van der Waals surface area (Å²) < 4.78 is 0. The lowest BCUT2D eigenvalue weighted by Crippen LogP contribution is -2.35. The molecular formula is C24H44N4O5. The Morgan fingerprint density at radius 1 is 1.21 bits per heavy atom. The molecule has 1 heterocycles. The number of aldehydes is 1. The van der Waals surface area contributed by atoms with E-state index >= 15 is 0 Å². The Labute approximate surface area is 198 Å². The molecule has 0 aromatic carbocycles. The molecule has 190 valence electrons. The van der Waals surface area contributed by atoms with Crippen LogP contribution in [0.25, 0.3) is 0 Å². The van der Waals surface area contributed by atoms with Crippen LogP contribution < -0.4 is 11.1 Å². The van der Waals surface area contributed by atoms with Crippen molar-refractivity contribution in [2.24, 2.45) is 22.1 Å². The summed E-state index contributed by atoms with van der Waals surface area (Å²) in [6.07, 6.45) is 8.44. The standard InChI is InChI=1S/C9H14N2O3.C7H11NO2.C6H13N.C2H6/c10-9(14)8(13)4-7(11-5-12)3-6-1-2-6;1-7(2,3)6(4-9)8-5-10;1-6-4-3-5-7(6)2;1-2/h5-7H,1-4H2,(H2,10,14)(H,11,12);4,6H,1-3H3;6H,3-5H2,1-2H3;1-2H3. The largest absolute Gasteiger partial charge is 0.363 e. The normalized spacial score (nSPS) is 18.8. The predicted octanol–water partition coefficient (Wildman–Crippen LogP) is 2.41. The molecule has 0 aromatic rings. The Morgan fingerprint density at radius 2 is 1.79 bits per heavy atom. The van der Waals surface area contributed by atoms with E-state index in [2.05, 4.69) is 29.2 Å². The van der Waals surface area contributed by atoms with Crippen LogP contribution in [0.4, 0.5) is 0 Å². The lowest BCUT2D eigenvalue weighted by atomic mass is 9.88. The number of aliphatic imine (C=N–C) groups is 1. The third-order valence-corrected chi connectivity index (χ3v) is 5.42. The van der Waals surface area contributed by atoms with E-state index in [1.807, 2.05) is 34.6 Å². The van der Waals surface area contributed by atoms with E-state index in [9.17, 15) is 24.0 Å². The number of ketones is 1. The number of Topliss-reactive ketones (excluding diaryl/α,β-unsaturated/α-hetero) is 1. The number of nitrogens with two attached hydrogens (primary N) is 1. The summed E-state index contributed by atoms with van der Waals surface area (Å²) in [6, 6.07) is 0.0463. The third-order valence-electron chi connectivity index (χ3n) is 5.42. The van der Waals surface area contributed by atoms with Gasteiger partial charge in [-0.1, -0.05) is 47.5 Å². The molecule has 1 saturated heterocycles. The number of primary amides is 1. The first-order chi connectivity index (χ1) is 15.5. The predicted molar refractivity (Wildman–Crippen MR) is 129 cm³/mol. The van der Waals surface area contributed by atoms with Crippen LogP contribution in [0.2, 0.25) is 0 Å². The molecule has 33 heavy (non-hydrogen) atoms. The van der Waals surface area contributed by atoms with Gasteiger partial charge in [0.25, 0.3) is 5.91 Å². The molecule has 1 saturated carbocycles. The number of carbonyl (C=O) groups is 4. The van der Waals surface area contributed by atoms with Gasteiger partial charge in [0.2, 0.25) is 18.3 Å². The summed E-state index contributed by atoms with van der Waals surface area (Å²) in [6.45, 7) is 13.1. The summed E-state index contributed by atoms with van der Waals surface area (Å²) in [7, 11) is 2.19. The topological polar surface area (TPSA) is 139 Å². The molecule has 3 unspecified atom stereocenters. The SMILES string of the molecule is CC.CC(C)(C)C(C=O)N=C=O.CC1CCCN1C.NC(=O)C(=O)CC(CC1CC1)NC=O. The van der Waals surface area contributed by atoms with Crippen LogP contribution in [-0.2, 0) is 24.0 Å². The zero-order valence-corrected chi connectivity index (χ0v) is 21.4. The summed E-state index contributed by atoms with van der Waals surface area (Å²) in [4.78, 5) is 57.5. The monoisotopic (exact) mass is 468 g/mol. The van der Waals surface area contributed by atoms with Gasteiger partial charge >= 0.3 is 0 Å². The molecule has 0 spiro atoms. The smallest absolute Gasteiger partial charge is 0.284 e. The maximum atomic E-state index is 11.0. The van der Waals surface area contributed by atoms with E-state index in [1.165, 1.54) is 25.5 Å². The van der Waals surface area contributed by atoms with Crippen molar-refractivity contribution < 1.29 is 24.0 Å². The quantitative estimate of drug-likeness (QED) is 0.230. The fraction of sp³-hybridized carbons (Fsp3) is 0.792. The summed E-state index contributed by atoms with van der Waals surface area (Å²) >= 11 is 0. The number of amides is 2. The number of rotatable bonds is 9. The van der Waals surface area contributed by atoms with Crippen LogP contribution in [0.5, 0.6) is 0 Å². The molecule has 1 aliphatic carbocycles.